The summed E-state index contributed by atoms with van der Waals surface area (Å²) in [6.45, 7) is -0.0401. The normalized spacial score (nSPS) is 14.7. The minimum Gasteiger partial charge on any atom is -0.390 e. The largest absolute Gasteiger partial charge is 0.390 e. The molecule has 0 bridgehead atoms. The van der Waals surface area contributed by atoms with E-state index < -0.39 is 0 Å². The van der Waals surface area contributed by atoms with Crippen LogP contribution in [-0.2, 0) is 6.61 Å². The number of hydrogen-bond acceptors (Lipinski definition) is 4. The molecule has 1 aliphatic rings. The van der Waals surface area contributed by atoms with Crippen LogP contribution in [0.2, 0.25) is 0 Å². The number of rotatable bonds is 4. The molecule has 1 N–H and O–H groups in total. The van der Waals surface area contributed by atoms with E-state index in [-0.39, 0.29) is 6.61 Å². The van der Waals surface area contributed by atoms with Gasteiger partial charge in [0, 0.05) is 25.7 Å². The smallest absolute Gasteiger partial charge is 0.112 e. The number of aliphatic hydroxyl groups excluding tert-OH is 1. The molecule has 0 saturated heterocycles. The summed E-state index contributed by atoms with van der Waals surface area (Å²) >= 11 is 0. The summed E-state index contributed by atoms with van der Waals surface area (Å²) in [6, 6.07) is 8.20. The molecule has 1 heterocycles. The minimum absolute atomic E-state index is 0.0401. The Bertz CT molecular complexity index is 570. The van der Waals surface area contributed by atoms with Gasteiger partial charge in [-0.2, -0.15) is 0 Å². The van der Waals surface area contributed by atoms with E-state index in [0.29, 0.717) is 11.6 Å². The van der Waals surface area contributed by atoms with Crippen LogP contribution in [0, 0.1) is 0 Å². The first-order valence-corrected chi connectivity index (χ1v) is 6.54. The fraction of sp³-hybridized carbons (Fsp3) is 0.429. The van der Waals surface area contributed by atoms with Gasteiger partial charge in [0.05, 0.1) is 18.0 Å². The molecule has 0 amide bonds. The lowest BCUT2D eigenvalue weighted by Crippen LogP contribution is -2.09. The van der Waals surface area contributed by atoms with Crippen molar-refractivity contribution >= 4 is 5.69 Å². The van der Waals surface area contributed by atoms with Crippen molar-refractivity contribution in [1.29, 1.82) is 0 Å². The molecule has 0 radical (unpaired) electrons. The van der Waals surface area contributed by atoms with Gasteiger partial charge in [-0.1, -0.05) is 5.21 Å². The molecular formula is C14H18N4O. The van der Waals surface area contributed by atoms with Crippen LogP contribution in [0.4, 0.5) is 5.69 Å². The molecule has 100 valence electrons. The van der Waals surface area contributed by atoms with Crippen molar-refractivity contribution < 1.29 is 5.11 Å². The average Bonchev–Trinajstić information content (AvgIpc) is 3.17. The van der Waals surface area contributed by atoms with E-state index in [4.69, 9.17) is 0 Å². The monoisotopic (exact) mass is 258 g/mol. The Morgan fingerprint density at radius 3 is 2.47 bits per heavy atom. The predicted octanol–water partition coefficient (Wildman–Crippen LogP) is 1.70. The van der Waals surface area contributed by atoms with Crippen molar-refractivity contribution in [3.63, 3.8) is 0 Å². The summed E-state index contributed by atoms with van der Waals surface area (Å²) in [5, 5.41) is 17.6. The van der Waals surface area contributed by atoms with Crippen molar-refractivity contribution in [2.75, 3.05) is 19.0 Å². The standard InChI is InChI=1S/C14H18N4O/c1-17(2)11-5-7-12(8-6-11)18-14(10-3-4-10)13(9-19)15-16-18/h5-8,10,19H,3-4,9H2,1-2H3. The minimum atomic E-state index is -0.0401. The van der Waals surface area contributed by atoms with Gasteiger partial charge in [-0.3, -0.25) is 0 Å². The van der Waals surface area contributed by atoms with Crippen LogP contribution in [0.5, 0.6) is 0 Å². The summed E-state index contributed by atoms with van der Waals surface area (Å²) in [7, 11) is 4.04. The third-order valence-electron chi connectivity index (χ3n) is 3.50. The van der Waals surface area contributed by atoms with E-state index >= 15 is 0 Å². The maximum atomic E-state index is 9.35. The Morgan fingerprint density at radius 1 is 1.26 bits per heavy atom. The average molecular weight is 258 g/mol. The number of anilines is 1. The summed E-state index contributed by atoms with van der Waals surface area (Å²) in [6.07, 6.45) is 2.33. The van der Waals surface area contributed by atoms with Gasteiger partial charge < -0.3 is 10.0 Å². The lowest BCUT2D eigenvalue weighted by molar-refractivity contribution is 0.275. The van der Waals surface area contributed by atoms with Crippen LogP contribution < -0.4 is 4.90 Å². The molecule has 5 nitrogen and oxygen atoms in total. The first-order valence-electron chi connectivity index (χ1n) is 6.54. The highest BCUT2D eigenvalue weighted by Crippen LogP contribution is 2.41. The molecular weight excluding hydrogens is 240 g/mol. The predicted molar refractivity (Wildman–Crippen MR) is 73.6 cm³/mol. The number of aromatic nitrogens is 3. The maximum absolute atomic E-state index is 9.35. The maximum Gasteiger partial charge on any atom is 0.112 e. The van der Waals surface area contributed by atoms with Crippen molar-refractivity contribution in [1.82, 2.24) is 15.0 Å². The topological polar surface area (TPSA) is 54.2 Å². The van der Waals surface area contributed by atoms with E-state index in [2.05, 4.69) is 27.3 Å². The Labute approximate surface area is 112 Å². The van der Waals surface area contributed by atoms with Crippen LogP contribution in [0.3, 0.4) is 0 Å². The van der Waals surface area contributed by atoms with Gasteiger partial charge in [0.2, 0.25) is 0 Å². The third kappa shape index (κ3) is 2.21. The molecule has 0 unspecified atom stereocenters. The molecule has 19 heavy (non-hydrogen) atoms. The van der Waals surface area contributed by atoms with Crippen molar-refractivity contribution in [3.05, 3.63) is 35.7 Å². The SMILES string of the molecule is CN(C)c1ccc(-n2nnc(CO)c2C2CC2)cc1. The van der Waals surface area contributed by atoms with E-state index in [1.807, 2.05) is 30.9 Å². The molecule has 0 aliphatic heterocycles. The molecule has 5 heteroatoms. The van der Waals surface area contributed by atoms with Gasteiger partial charge >= 0.3 is 0 Å². The van der Waals surface area contributed by atoms with Gasteiger partial charge in [0.25, 0.3) is 0 Å². The molecule has 3 rings (SSSR count). The summed E-state index contributed by atoms with van der Waals surface area (Å²) < 4.78 is 1.86. The molecule has 0 spiro atoms. The van der Waals surface area contributed by atoms with Crippen molar-refractivity contribution in [2.24, 2.45) is 0 Å². The van der Waals surface area contributed by atoms with Crippen molar-refractivity contribution in [3.8, 4) is 5.69 Å². The quantitative estimate of drug-likeness (QED) is 0.907. The van der Waals surface area contributed by atoms with Gasteiger partial charge in [-0.25, -0.2) is 4.68 Å². The number of benzene rings is 1. The summed E-state index contributed by atoms with van der Waals surface area (Å²) in [4.78, 5) is 2.06. The highest BCUT2D eigenvalue weighted by molar-refractivity contribution is 5.50. The van der Waals surface area contributed by atoms with Crippen LogP contribution >= 0.6 is 0 Å². The van der Waals surface area contributed by atoms with E-state index in [1.54, 1.807) is 0 Å². The highest BCUT2D eigenvalue weighted by atomic mass is 16.3. The summed E-state index contributed by atoms with van der Waals surface area (Å²) in [5.41, 5.74) is 3.93. The molecule has 1 aliphatic carbocycles. The van der Waals surface area contributed by atoms with Crippen LogP contribution in [0.25, 0.3) is 5.69 Å². The second-order valence-electron chi connectivity index (χ2n) is 5.18. The van der Waals surface area contributed by atoms with Gasteiger partial charge in [0.1, 0.15) is 5.69 Å². The lowest BCUT2D eigenvalue weighted by Gasteiger charge is -2.13. The van der Waals surface area contributed by atoms with E-state index in [0.717, 1.165) is 29.9 Å². The Morgan fingerprint density at radius 2 is 1.95 bits per heavy atom. The third-order valence-corrected chi connectivity index (χ3v) is 3.50. The Balaban J connectivity index is 1.99. The molecule has 1 aromatic heterocycles. The zero-order valence-electron chi connectivity index (χ0n) is 11.2. The van der Waals surface area contributed by atoms with Crippen molar-refractivity contribution in [2.45, 2.75) is 25.4 Å². The number of nitrogens with zero attached hydrogens (tertiary/aromatic N) is 4. The van der Waals surface area contributed by atoms with E-state index in [9.17, 15) is 5.11 Å². The second kappa shape index (κ2) is 4.66. The zero-order chi connectivity index (χ0) is 13.4. The fourth-order valence-corrected chi connectivity index (χ4v) is 2.28. The van der Waals surface area contributed by atoms with Gasteiger partial charge in [-0.15, -0.1) is 5.10 Å². The summed E-state index contributed by atoms with van der Waals surface area (Å²) in [5.74, 6) is 0.505. The molecule has 1 fully saturated rings. The second-order valence-corrected chi connectivity index (χ2v) is 5.18. The first kappa shape index (κ1) is 12.2. The molecule has 1 saturated carbocycles. The first-order chi connectivity index (χ1) is 9.20. The van der Waals surface area contributed by atoms with Gasteiger partial charge in [0.15, 0.2) is 0 Å². The number of aliphatic hydroxyl groups is 1. The zero-order valence-corrected chi connectivity index (χ0v) is 11.2. The van der Waals surface area contributed by atoms with Crippen LogP contribution in [0.15, 0.2) is 24.3 Å². The van der Waals surface area contributed by atoms with E-state index in [1.165, 1.54) is 0 Å². The molecule has 1 aromatic carbocycles. The Hall–Kier alpha value is -1.88. The highest BCUT2D eigenvalue weighted by Gasteiger charge is 2.31. The van der Waals surface area contributed by atoms with Crippen LogP contribution in [-0.4, -0.2) is 34.2 Å². The fourth-order valence-electron chi connectivity index (χ4n) is 2.28. The van der Waals surface area contributed by atoms with Crippen LogP contribution in [0.1, 0.15) is 30.1 Å². The Kier molecular flexibility index (Phi) is 2.98. The number of hydrogen-bond donors (Lipinski definition) is 1. The molecule has 0 atom stereocenters. The van der Waals surface area contributed by atoms with Gasteiger partial charge in [-0.05, 0) is 37.1 Å². The molecule has 2 aromatic rings. The lowest BCUT2D eigenvalue weighted by atomic mass is 10.2.